The molecule has 1 unspecified atom stereocenters. The monoisotopic (exact) mass is 277 g/mol. The molecule has 4 N–H and O–H groups in total. The average molecular weight is 277 g/mol. The number of carbonyl (C=O) groups is 1. The van der Waals surface area contributed by atoms with Gasteiger partial charge in [-0.3, -0.25) is 4.79 Å². The number of rotatable bonds is 4. The van der Waals surface area contributed by atoms with Crippen molar-refractivity contribution in [1.82, 2.24) is 20.2 Å². The van der Waals surface area contributed by atoms with E-state index in [4.69, 9.17) is 5.73 Å². The fourth-order valence-corrected chi connectivity index (χ4v) is 1.75. The molecule has 0 aliphatic heterocycles. The predicted molar refractivity (Wildman–Crippen MR) is 74.5 cm³/mol. The van der Waals surface area contributed by atoms with Crippen LogP contribution in [0.2, 0.25) is 0 Å². The number of nitrogens with two attached hydrogens (primary N) is 1. The van der Waals surface area contributed by atoms with Gasteiger partial charge in [0.1, 0.15) is 0 Å². The van der Waals surface area contributed by atoms with E-state index in [2.05, 4.69) is 15.7 Å². The van der Waals surface area contributed by atoms with Gasteiger partial charge in [-0.25, -0.2) is 8.91 Å². The molecule has 2 aromatic rings. The highest BCUT2D eigenvalue weighted by molar-refractivity contribution is 6.00. The van der Waals surface area contributed by atoms with Crippen molar-refractivity contribution >= 4 is 17.1 Å². The molecule has 0 saturated heterocycles. The summed E-state index contributed by atoms with van der Waals surface area (Å²) in [6, 6.07) is 3.49. The zero-order chi connectivity index (χ0) is 14.7. The molecule has 0 fully saturated rings. The quantitative estimate of drug-likeness (QED) is 0.724. The molecule has 0 aliphatic rings. The second kappa shape index (κ2) is 5.60. The second-order valence-electron chi connectivity index (χ2n) is 4.27. The van der Waals surface area contributed by atoms with Crippen LogP contribution in [0.3, 0.4) is 0 Å². The first-order chi connectivity index (χ1) is 9.52. The minimum absolute atomic E-state index is 0.204. The molecular weight excluding hydrogens is 261 g/mol. The van der Waals surface area contributed by atoms with E-state index >= 15 is 0 Å². The summed E-state index contributed by atoms with van der Waals surface area (Å²) in [4.78, 5) is 11.6. The molecule has 2 rings (SSSR count). The van der Waals surface area contributed by atoms with Crippen molar-refractivity contribution in [1.29, 1.82) is 0 Å². The average Bonchev–Trinajstić information content (AvgIpc) is 2.86. The Bertz CT molecular complexity index is 662. The summed E-state index contributed by atoms with van der Waals surface area (Å²) in [5.74, 6) is -0.204. The Kier molecular flexibility index (Phi) is 3.88. The number of carbonyl (C=O) groups excluding carboxylic acids is 1. The van der Waals surface area contributed by atoms with Gasteiger partial charge in [-0.15, -0.1) is 0 Å². The van der Waals surface area contributed by atoms with E-state index in [1.807, 2.05) is 0 Å². The number of alkyl halides is 1. The van der Waals surface area contributed by atoms with Crippen LogP contribution < -0.4 is 16.4 Å². The number of fused-ring (bicyclic) bond motifs is 1. The summed E-state index contributed by atoms with van der Waals surface area (Å²) >= 11 is 0. The van der Waals surface area contributed by atoms with Gasteiger partial charge in [0.15, 0.2) is 6.30 Å². The maximum Gasteiger partial charge on any atom is 0.254 e. The number of hydrogen-bond donors (Lipinski definition) is 3. The summed E-state index contributed by atoms with van der Waals surface area (Å²) in [5, 5.41) is 9.13. The van der Waals surface area contributed by atoms with Gasteiger partial charge < -0.3 is 16.4 Å². The molecule has 1 atom stereocenters. The van der Waals surface area contributed by atoms with Crippen LogP contribution in [0.5, 0.6) is 0 Å². The van der Waals surface area contributed by atoms with E-state index < -0.39 is 6.30 Å². The molecule has 0 spiro atoms. The fourth-order valence-electron chi connectivity index (χ4n) is 1.75. The van der Waals surface area contributed by atoms with Crippen LogP contribution in [-0.2, 0) is 0 Å². The molecule has 106 valence electrons. The minimum atomic E-state index is -1.18. The topological polar surface area (TPSA) is 84.5 Å². The van der Waals surface area contributed by atoms with E-state index in [1.54, 1.807) is 29.9 Å². The molecular formula is C13H16FN5O. The molecule has 2 aromatic heterocycles. The lowest BCUT2D eigenvalue weighted by molar-refractivity contribution is 0.0964. The third-order valence-electron chi connectivity index (χ3n) is 2.79. The highest BCUT2D eigenvalue weighted by Crippen LogP contribution is 2.14. The molecule has 2 heterocycles. The SMILES string of the molecule is CNC(=O)c1cnn2cc(/C(N)=C/NC(C)F)ccc12. The van der Waals surface area contributed by atoms with Crippen LogP contribution in [0, 0.1) is 0 Å². The van der Waals surface area contributed by atoms with Gasteiger partial charge in [0, 0.05) is 25.0 Å². The highest BCUT2D eigenvalue weighted by atomic mass is 19.1. The van der Waals surface area contributed by atoms with Crippen molar-refractivity contribution < 1.29 is 9.18 Å². The van der Waals surface area contributed by atoms with Crippen molar-refractivity contribution in [2.75, 3.05) is 7.05 Å². The van der Waals surface area contributed by atoms with Gasteiger partial charge in [-0.05, 0) is 19.1 Å². The third kappa shape index (κ3) is 2.71. The third-order valence-corrected chi connectivity index (χ3v) is 2.79. The number of amides is 1. The Labute approximate surface area is 115 Å². The van der Waals surface area contributed by atoms with Crippen LogP contribution in [0.25, 0.3) is 11.2 Å². The van der Waals surface area contributed by atoms with Gasteiger partial charge in [0.25, 0.3) is 5.91 Å². The second-order valence-corrected chi connectivity index (χ2v) is 4.27. The number of nitrogens with one attached hydrogen (secondary N) is 2. The summed E-state index contributed by atoms with van der Waals surface area (Å²) < 4.78 is 14.2. The standard InChI is InChI=1S/C13H16FN5O/c1-8(14)17-6-11(15)9-3-4-12-10(13(20)16-2)5-18-19(12)7-9/h3-8,17H,15H2,1-2H3,(H,16,20)/b11-6-. The van der Waals surface area contributed by atoms with Gasteiger partial charge >= 0.3 is 0 Å². The zero-order valence-corrected chi connectivity index (χ0v) is 11.2. The van der Waals surface area contributed by atoms with E-state index in [1.165, 1.54) is 19.3 Å². The number of halogens is 1. The van der Waals surface area contributed by atoms with Gasteiger partial charge in [0.2, 0.25) is 0 Å². The smallest absolute Gasteiger partial charge is 0.254 e. The predicted octanol–water partition coefficient (Wildman–Crippen LogP) is 0.856. The Hall–Kier alpha value is -2.57. The van der Waals surface area contributed by atoms with Crippen LogP contribution in [-0.4, -0.2) is 28.9 Å². The van der Waals surface area contributed by atoms with Crippen LogP contribution in [0.15, 0.2) is 30.7 Å². The summed E-state index contributed by atoms with van der Waals surface area (Å²) in [7, 11) is 1.56. The molecule has 0 radical (unpaired) electrons. The zero-order valence-electron chi connectivity index (χ0n) is 11.2. The lowest BCUT2D eigenvalue weighted by Crippen LogP contribution is -2.17. The molecule has 6 nitrogen and oxygen atoms in total. The normalized spacial score (nSPS) is 13.2. The molecule has 20 heavy (non-hydrogen) atoms. The Morgan fingerprint density at radius 1 is 1.55 bits per heavy atom. The van der Waals surface area contributed by atoms with E-state index in [9.17, 15) is 9.18 Å². The van der Waals surface area contributed by atoms with E-state index in [-0.39, 0.29) is 5.91 Å². The van der Waals surface area contributed by atoms with E-state index in [0.717, 1.165) is 0 Å². The lowest BCUT2D eigenvalue weighted by atomic mass is 10.2. The number of pyridine rings is 1. The van der Waals surface area contributed by atoms with Crippen LogP contribution in [0.4, 0.5) is 4.39 Å². The molecule has 7 heteroatoms. The van der Waals surface area contributed by atoms with Gasteiger partial charge in [-0.1, -0.05) is 0 Å². The minimum Gasteiger partial charge on any atom is -0.397 e. The largest absolute Gasteiger partial charge is 0.397 e. The Morgan fingerprint density at radius 2 is 2.30 bits per heavy atom. The molecule has 0 bridgehead atoms. The lowest BCUT2D eigenvalue weighted by Gasteiger charge is -2.06. The molecule has 0 aliphatic carbocycles. The number of hydrogen-bond acceptors (Lipinski definition) is 4. The van der Waals surface area contributed by atoms with Gasteiger partial charge in [0.05, 0.1) is 23.0 Å². The number of nitrogens with zero attached hydrogens (tertiary/aromatic N) is 2. The number of aromatic nitrogens is 2. The van der Waals surface area contributed by atoms with Crippen molar-refractivity contribution in [3.63, 3.8) is 0 Å². The molecule has 1 amide bonds. The summed E-state index contributed by atoms with van der Waals surface area (Å²) in [6.07, 6.45) is 3.38. The van der Waals surface area contributed by atoms with Crippen molar-refractivity contribution in [3.05, 3.63) is 41.9 Å². The van der Waals surface area contributed by atoms with E-state index in [0.29, 0.717) is 22.3 Å². The van der Waals surface area contributed by atoms with Crippen molar-refractivity contribution in [2.45, 2.75) is 13.2 Å². The first-order valence-corrected chi connectivity index (χ1v) is 6.08. The first kappa shape index (κ1) is 13.9. The molecule has 0 aromatic carbocycles. The Morgan fingerprint density at radius 3 is 2.95 bits per heavy atom. The maximum absolute atomic E-state index is 12.7. The van der Waals surface area contributed by atoms with Gasteiger partial charge in [-0.2, -0.15) is 5.10 Å². The van der Waals surface area contributed by atoms with Crippen LogP contribution in [0.1, 0.15) is 22.8 Å². The maximum atomic E-state index is 12.7. The first-order valence-electron chi connectivity index (χ1n) is 6.08. The Balaban J connectivity index is 2.36. The summed E-state index contributed by atoms with van der Waals surface area (Å²) in [6.45, 7) is 1.37. The summed E-state index contributed by atoms with van der Waals surface area (Å²) in [5.41, 5.74) is 8.06. The highest BCUT2D eigenvalue weighted by Gasteiger charge is 2.11. The fraction of sp³-hybridized carbons (Fsp3) is 0.231. The van der Waals surface area contributed by atoms with Crippen molar-refractivity contribution in [2.24, 2.45) is 5.73 Å². The van der Waals surface area contributed by atoms with Crippen molar-refractivity contribution in [3.8, 4) is 0 Å². The van der Waals surface area contributed by atoms with Crippen LogP contribution >= 0.6 is 0 Å². The molecule has 0 saturated carbocycles.